The number of para-hydroxylation sites is 1. The summed E-state index contributed by atoms with van der Waals surface area (Å²) in [5, 5.41) is -0.359. The molecule has 52 heavy (non-hydrogen) atoms. The summed E-state index contributed by atoms with van der Waals surface area (Å²) in [5.41, 5.74) is 6.57. The van der Waals surface area contributed by atoms with Crippen LogP contribution < -0.4 is 4.90 Å². The van der Waals surface area contributed by atoms with E-state index in [1.807, 2.05) is 78.9 Å². The molecule has 1 aliphatic rings. The van der Waals surface area contributed by atoms with Crippen LogP contribution in [-0.2, 0) is 5.41 Å². The average molecular weight is 679 g/mol. The fourth-order valence-electron chi connectivity index (χ4n) is 7.98. The number of benzene rings is 8. The Balaban J connectivity index is 1.26. The predicted octanol–water partition coefficient (Wildman–Crippen LogP) is 14.1. The Labute approximate surface area is 316 Å². The van der Waals surface area contributed by atoms with Crippen molar-refractivity contribution in [2.24, 2.45) is 0 Å². The first kappa shape index (κ1) is 20.3. The molecule has 0 amide bonds. The molecule has 3 nitrogen and oxygen atoms in total. The van der Waals surface area contributed by atoms with Gasteiger partial charge in [-0.3, -0.25) is 0 Å². The molecule has 11 rings (SSSR count). The van der Waals surface area contributed by atoms with E-state index in [-0.39, 0.29) is 83.9 Å². The van der Waals surface area contributed by atoms with Crippen LogP contribution in [-0.4, -0.2) is 0 Å². The number of hydrogen-bond acceptors (Lipinski definition) is 3. The van der Waals surface area contributed by atoms with Crippen molar-refractivity contribution < 1.29 is 23.9 Å². The third kappa shape index (κ3) is 4.08. The second-order valence-corrected chi connectivity index (χ2v) is 13.6. The van der Waals surface area contributed by atoms with Crippen molar-refractivity contribution in [1.82, 2.24) is 0 Å². The normalized spacial score (nSPS) is 16.3. The van der Waals surface area contributed by atoms with Gasteiger partial charge < -0.3 is 13.7 Å². The van der Waals surface area contributed by atoms with Gasteiger partial charge in [-0.15, -0.1) is 0 Å². The van der Waals surface area contributed by atoms with Gasteiger partial charge in [-0.25, -0.2) is 0 Å². The van der Waals surface area contributed by atoms with Crippen molar-refractivity contribution in [3.63, 3.8) is 0 Å². The molecule has 0 saturated heterocycles. The van der Waals surface area contributed by atoms with Crippen LogP contribution in [0.5, 0.6) is 0 Å². The number of fused-ring (bicyclic) bond motifs is 13. The minimum atomic E-state index is -0.577. The van der Waals surface area contributed by atoms with Gasteiger partial charge in [-0.05, 0) is 81.2 Å². The molecule has 2 heterocycles. The number of anilines is 3. The minimum Gasteiger partial charge on any atom is -0.455 e. The van der Waals surface area contributed by atoms with E-state index in [0.29, 0.717) is 11.4 Å². The Hall–Kier alpha value is -6.58. The molecule has 0 aliphatic heterocycles. The van der Waals surface area contributed by atoms with Gasteiger partial charge in [0.1, 0.15) is 22.3 Å². The summed E-state index contributed by atoms with van der Waals surface area (Å²) < 4.78 is 112. The van der Waals surface area contributed by atoms with Gasteiger partial charge in [-0.2, -0.15) is 0 Å². The molecule has 0 spiro atoms. The molecule has 0 saturated carbocycles. The van der Waals surface area contributed by atoms with E-state index >= 15 is 0 Å². The highest BCUT2D eigenvalue weighted by Gasteiger charge is 2.35. The van der Waals surface area contributed by atoms with E-state index in [0.717, 1.165) is 27.8 Å². The number of furan rings is 2. The first-order valence-electron chi connectivity index (χ1n) is 22.5. The second-order valence-electron chi connectivity index (χ2n) is 13.6. The van der Waals surface area contributed by atoms with Gasteiger partial charge >= 0.3 is 0 Å². The van der Waals surface area contributed by atoms with Crippen molar-refractivity contribution in [2.45, 2.75) is 19.3 Å². The molecule has 1 aliphatic carbocycles. The van der Waals surface area contributed by atoms with Crippen molar-refractivity contribution in [2.75, 3.05) is 4.90 Å². The van der Waals surface area contributed by atoms with Crippen molar-refractivity contribution >= 4 is 71.7 Å². The Morgan fingerprint density at radius 3 is 2.00 bits per heavy atom. The summed E-state index contributed by atoms with van der Waals surface area (Å²) in [6.45, 7) is 4.32. The molecule has 0 radical (unpaired) electrons. The third-order valence-corrected chi connectivity index (χ3v) is 10.5. The molecular formula is C49H33NO2. The summed E-state index contributed by atoms with van der Waals surface area (Å²) in [6.07, 6.45) is 0. The summed E-state index contributed by atoms with van der Waals surface area (Å²) in [6, 6.07) is 26.7. The second kappa shape index (κ2) is 10.7. The summed E-state index contributed by atoms with van der Waals surface area (Å²) in [4.78, 5) is 1.77. The molecule has 0 bridgehead atoms. The molecule has 0 unspecified atom stereocenters. The highest BCUT2D eigenvalue weighted by molar-refractivity contribution is 6.33. The maximum atomic E-state index is 9.94. The fourth-order valence-corrected chi connectivity index (χ4v) is 7.98. The van der Waals surface area contributed by atoms with Gasteiger partial charge in [0.05, 0.1) is 20.5 Å². The lowest BCUT2D eigenvalue weighted by Gasteiger charge is -2.28. The Bertz CT molecular complexity index is 3670. The van der Waals surface area contributed by atoms with E-state index in [4.69, 9.17) is 19.8 Å². The van der Waals surface area contributed by atoms with E-state index in [9.17, 15) is 4.11 Å². The van der Waals surface area contributed by atoms with Crippen molar-refractivity contribution in [3.05, 3.63) is 175 Å². The Kier molecular flexibility index (Phi) is 4.18. The standard InChI is InChI=1S/C49H33NO2/c1-49(2)41-18-10-8-14-35(41)36-26-24-33(28-42(36)49)50(32-22-20-31(21-23-32)30-12-4-3-5-13-30)34-25-27-40-44(29-34)52-47-38-16-7-6-15-37(38)45-39-17-9-11-19-43(39)51-48(45)46(40)47/h3-29H,1-2H3/i6D,7D,9D,11D,15D,16D,17D,19D,25D,27D,29D. The van der Waals surface area contributed by atoms with E-state index in [2.05, 4.69) is 32.0 Å². The summed E-state index contributed by atoms with van der Waals surface area (Å²) in [5.74, 6) is 0. The molecular weight excluding hydrogens is 635 g/mol. The van der Waals surface area contributed by atoms with Crippen LogP contribution in [0, 0.1) is 0 Å². The molecule has 0 atom stereocenters. The van der Waals surface area contributed by atoms with Crippen LogP contribution in [0.15, 0.2) is 172 Å². The van der Waals surface area contributed by atoms with Gasteiger partial charge in [0.2, 0.25) is 0 Å². The maximum Gasteiger partial charge on any atom is 0.147 e. The monoisotopic (exact) mass is 678 g/mol. The molecule has 8 aromatic carbocycles. The first-order valence-corrected chi connectivity index (χ1v) is 17.0. The van der Waals surface area contributed by atoms with Gasteiger partial charge in [0.15, 0.2) is 0 Å². The first-order chi connectivity index (χ1) is 30.1. The number of nitrogens with zero attached hydrogens (tertiary/aromatic N) is 1. The molecule has 246 valence electrons. The maximum absolute atomic E-state index is 9.94. The number of rotatable bonds is 4. The lowest BCUT2D eigenvalue weighted by atomic mass is 9.82. The van der Waals surface area contributed by atoms with Crippen LogP contribution >= 0.6 is 0 Å². The van der Waals surface area contributed by atoms with Gasteiger partial charge in [0.25, 0.3) is 0 Å². The van der Waals surface area contributed by atoms with Crippen LogP contribution in [0.2, 0.25) is 0 Å². The minimum absolute atomic E-state index is 0.0138. The van der Waals surface area contributed by atoms with E-state index in [1.165, 1.54) is 5.56 Å². The van der Waals surface area contributed by atoms with E-state index < -0.39 is 48.3 Å². The molecule has 2 aromatic heterocycles. The van der Waals surface area contributed by atoms with Gasteiger partial charge in [-0.1, -0.05) is 129 Å². The predicted molar refractivity (Wildman–Crippen MR) is 216 cm³/mol. The third-order valence-electron chi connectivity index (χ3n) is 10.5. The Morgan fingerprint density at radius 1 is 0.500 bits per heavy atom. The largest absolute Gasteiger partial charge is 0.455 e. The molecule has 3 heteroatoms. The topological polar surface area (TPSA) is 29.5 Å². The number of hydrogen-bond donors (Lipinski definition) is 0. The van der Waals surface area contributed by atoms with Gasteiger partial charge in [0, 0.05) is 50.1 Å². The SMILES string of the molecule is [2H]c1c([2H])c([2H])c2c(oc3c4c(oc5c([2H])c(N(c6ccc(-c7ccccc7)cc6)c6ccc7c(c6)C(C)(C)c6ccccc6-7)c([2H])c([2H])c54)c4c([2H])c([2H])c([2H])c([2H])c4c32)c1[2H]. The Morgan fingerprint density at radius 2 is 1.15 bits per heavy atom. The molecule has 0 fully saturated rings. The summed E-state index contributed by atoms with van der Waals surface area (Å²) >= 11 is 0. The fraction of sp³-hybridized carbons (Fsp3) is 0.0612. The van der Waals surface area contributed by atoms with Crippen molar-refractivity contribution in [3.8, 4) is 22.3 Å². The van der Waals surface area contributed by atoms with Crippen LogP contribution in [0.1, 0.15) is 40.1 Å². The lowest BCUT2D eigenvalue weighted by Crippen LogP contribution is -2.16. The highest BCUT2D eigenvalue weighted by Crippen LogP contribution is 2.51. The zero-order valence-corrected chi connectivity index (χ0v) is 28.0. The smallest absolute Gasteiger partial charge is 0.147 e. The van der Waals surface area contributed by atoms with Crippen LogP contribution in [0.3, 0.4) is 0 Å². The molecule has 0 N–H and O–H groups in total. The zero-order valence-electron chi connectivity index (χ0n) is 39.0. The average Bonchev–Trinajstić information content (AvgIpc) is 3.96. The summed E-state index contributed by atoms with van der Waals surface area (Å²) in [7, 11) is 0. The van der Waals surface area contributed by atoms with E-state index in [1.54, 1.807) is 4.90 Å². The van der Waals surface area contributed by atoms with Crippen LogP contribution in [0.4, 0.5) is 17.1 Å². The molecule has 10 aromatic rings. The quantitative estimate of drug-likeness (QED) is 0.186. The van der Waals surface area contributed by atoms with Crippen LogP contribution in [0.25, 0.3) is 76.9 Å². The lowest BCUT2D eigenvalue weighted by molar-refractivity contribution is 0.660. The zero-order chi connectivity index (χ0) is 44.1. The van der Waals surface area contributed by atoms with Crippen molar-refractivity contribution in [1.29, 1.82) is 0 Å². The highest BCUT2D eigenvalue weighted by atomic mass is 16.3.